The van der Waals surface area contributed by atoms with Gasteiger partial charge in [0.05, 0.1) is 11.4 Å². The van der Waals surface area contributed by atoms with E-state index in [0.29, 0.717) is 44.5 Å². The number of hydrogen-bond acceptors (Lipinski definition) is 7. The molecule has 0 spiro atoms. The van der Waals surface area contributed by atoms with Gasteiger partial charge in [0, 0.05) is 65.1 Å². The van der Waals surface area contributed by atoms with Gasteiger partial charge in [0.1, 0.15) is 22.5 Å². The Kier molecular flexibility index (Phi) is 7.47. The van der Waals surface area contributed by atoms with Gasteiger partial charge in [0.2, 0.25) is 0 Å². The number of para-hydroxylation sites is 2. The number of thiophene rings is 1. The lowest BCUT2D eigenvalue weighted by Gasteiger charge is -2.26. The fraction of sp³-hybridized carbons (Fsp3) is 0.0213. The molecule has 0 saturated carbocycles. The standard InChI is InChI=1S/C47H26F3NO5S2/c48-47(49,50)58(52,53)56-31-25-37-36-23-28(44-32-13-5-4-10-27(32)22-38-35-15-7-9-17-43(35)57-46(38)44)18-21-41(36)55-45(37)39(26-31)51(29-11-2-1-3-12-29)30-19-20-34-33-14-6-8-16-40(33)54-42(34)24-30/h1-26H. The summed E-state index contributed by atoms with van der Waals surface area (Å²) >= 11 is 1.69. The number of alkyl halides is 3. The zero-order chi connectivity index (χ0) is 39.3. The molecule has 0 bridgehead atoms. The van der Waals surface area contributed by atoms with Crippen molar-refractivity contribution in [1.82, 2.24) is 0 Å². The van der Waals surface area contributed by atoms with Crippen LogP contribution in [-0.4, -0.2) is 13.9 Å². The molecule has 3 aromatic heterocycles. The first-order valence-corrected chi connectivity index (χ1v) is 20.4. The molecule has 0 aliphatic heterocycles. The SMILES string of the molecule is O=S(=O)(Oc1cc(N(c2ccccc2)c2ccc3c(c2)oc2ccccc23)c2oc3ccc(-c4c5ccccc5cc5c4sc4ccccc45)cc3c2c1)C(F)(F)F. The first-order chi connectivity index (χ1) is 28.1. The van der Waals surface area contributed by atoms with Gasteiger partial charge in [0.25, 0.3) is 0 Å². The van der Waals surface area contributed by atoms with Gasteiger partial charge < -0.3 is 17.9 Å². The van der Waals surface area contributed by atoms with Gasteiger partial charge in [-0.25, -0.2) is 0 Å². The van der Waals surface area contributed by atoms with E-state index in [9.17, 15) is 21.6 Å². The topological polar surface area (TPSA) is 72.9 Å². The van der Waals surface area contributed by atoms with Crippen molar-refractivity contribution >= 4 is 113 Å². The molecule has 11 heteroatoms. The van der Waals surface area contributed by atoms with Crippen LogP contribution >= 0.6 is 11.3 Å². The maximum Gasteiger partial charge on any atom is 0.534 e. The number of rotatable bonds is 6. The second-order valence-corrected chi connectivity index (χ2v) is 16.6. The molecule has 8 aromatic carbocycles. The Morgan fingerprint density at radius 1 is 0.552 bits per heavy atom. The zero-order valence-corrected chi connectivity index (χ0v) is 31.6. The second kappa shape index (κ2) is 12.6. The van der Waals surface area contributed by atoms with E-state index in [1.165, 1.54) is 12.1 Å². The average molecular weight is 806 g/mol. The third-order valence-corrected chi connectivity index (χ3v) is 12.8. The third kappa shape index (κ3) is 5.34. The number of furan rings is 2. The summed E-state index contributed by atoms with van der Waals surface area (Å²) in [6, 6.07) is 49.4. The number of anilines is 3. The Morgan fingerprint density at radius 2 is 1.26 bits per heavy atom. The maximum atomic E-state index is 13.9. The minimum atomic E-state index is -6.05. The third-order valence-electron chi connectivity index (χ3n) is 10.6. The van der Waals surface area contributed by atoms with Crippen molar-refractivity contribution < 1.29 is 34.6 Å². The molecule has 282 valence electrons. The molecule has 0 fully saturated rings. The summed E-state index contributed by atoms with van der Waals surface area (Å²) in [5.74, 6) is -0.532. The van der Waals surface area contributed by atoms with Crippen LogP contribution in [0.2, 0.25) is 0 Å². The summed E-state index contributed by atoms with van der Waals surface area (Å²) in [5, 5.41) is 7.07. The molecule has 0 aliphatic rings. The Hall–Kier alpha value is -6.82. The highest BCUT2D eigenvalue weighted by Crippen LogP contribution is 2.49. The molecule has 0 saturated heterocycles. The van der Waals surface area contributed by atoms with Gasteiger partial charge in [-0.05, 0) is 77.0 Å². The summed E-state index contributed by atoms with van der Waals surface area (Å²) in [5.41, 5.74) is -0.310. The normalized spacial score (nSPS) is 12.5. The van der Waals surface area contributed by atoms with Crippen molar-refractivity contribution in [3.8, 4) is 16.9 Å². The minimum Gasteiger partial charge on any atom is -0.456 e. The number of hydrogen-bond donors (Lipinski definition) is 0. The summed E-state index contributed by atoms with van der Waals surface area (Å²) in [7, 11) is -6.05. The van der Waals surface area contributed by atoms with Crippen LogP contribution in [0.4, 0.5) is 30.2 Å². The number of halogens is 3. The van der Waals surface area contributed by atoms with E-state index >= 15 is 0 Å². The van der Waals surface area contributed by atoms with Crippen molar-refractivity contribution in [2.24, 2.45) is 0 Å². The van der Waals surface area contributed by atoms with Gasteiger partial charge in [-0.15, -0.1) is 11.3 Å². The second-order valence-electron chi connectivity index (χ2n) is 14.0. The molecular weight excluding hydrogens is 780 g/mol. The number of nitrogens with zero attached hydrogens (tertiary/aromatic N) is 1. The van der Waals surface area contributed by atoms with Crippen LogP contribution in [0, 0.1) is 0 Å². The summed E-state index contributed by atoms with van der Waals surface area (Å²) in [6.45, 7) is 0. The predicted octanol–water partition coefficient (Wildman–Crippen LogP) is 14.4. The molecule has 0 atom stereocenters. The highest BCUT2D eigenvalue weighted by atomic mass is 32.2. The molecule has 0 aliphatic carbocycles. The van der Waals surface area contributed by atoms with E-state index < -0.39 is 21.4 Å². The lowest BCUT2D eigenvalue weighted by Crippen LogP contribution is -2.28. The van der Waals surface area contributed by atoms with Crippen LogP contribution in [0.25, 0.3) is 85.9 Å². The molecule has 0 unspecified atom stereocenters. The van der Waals surface area contributed by atoms with Crippen LogP contribution in [0.1, 0.15) is 0 Å². The molecule has 58 heavy (non-hydrogen) atoms. The van der Waals surface area contributed by atoms with E-state index in [-0.39, 0.29) is 5.69 Å². The van der Waals surface area contributed by atoms with Crippen molar-refractivity contribution in [3.63, 3.8) is 0 Å². The van der Waals surface area contributed by atoms with Crippen LogP contribution in [-0.2, 0) is 10.1 Å². The minimum absolute atomic E-state index is 0.251. The van der Waals surface area contributed by atoms with Crippen molar-refractivity contribution in [1.29, 1.82) is 0 Å². The van der Waals surface area contributed by atoms with Crippen molar-refractivity contribution in [3.05, 3.63) is 158 Å². The Morgan fingerprint density at radius 3 is 2.09 bits per heavy atom. The van der Waals surface area contributed by atoms with Gasteiger partial charge in [-0.1, -0.05) is 84.9 Å². The molecular formula is C47H26F3NO5S2. The molecule has 11 rings (SSSR count). The fourth-order valence-electron chi connectivity index (χ4n) is 8.05. The lowest BCUT2D eigenvalue weighted by molar-refractivity contribution is -0.0500. The molecule has 0 radical (unpaired) electrons. The van der Waals surface area contributed by atoms with E-state index in [2.05, 4.69) is 30.3 Å². The number of benzene rings is 8. The quantitative estimate of drug-likeness (QED) is 0.123. The van der Waals surface area contributed by atoms with Crippen molar-refractivity contribution in [2.75, 3.05) is 4.90 Å². The molecule has 11 aromatic rings. The van der Waals surface area contributed by atoms with Gasteiger partial charge in [-0.3, -0.25) is 0 Å². The largest absolute Gasteiger partial charge is 0.534 e. The smallest absolute Gasteiger partial charge is 0.456 e. The van der Waals surface area contributed by atoms with Gasteiger partial charge in [0.15, 0.2) is 5.58 Å². The molecule has 0 amide bonds. The summed E-state index contributed by atoms with van der Waals surface area (Å²) in [4.78, 5) is 1.79. The fourth-order valence-corrected chi connectivity index (χ4v) is 9.75. The first kappa shape index (κ1) is 34.4. The average Bonchev–Trinajstić information content (AvgIpc) is 3.91. The first-order valence-electron chi connectivity index (χ1n) is 18.2. The Bertz CT molecular complexity index is 3570. The Balaban J connectivity index is 1.19. The molecule has 0 N–H and O–H groups in total. The lowest BCUT2D eigenvalue weighted by atomic mass is 9.94. The summed E-state index contributed by atoms with van der Waals surface area (Å²) < 4.78 is 86.8. The van der Waals surface area contributed by atoms with Gasteiger partial charge in [-0.2, -0.15) is 21.6 Å². The molecule has 6 nitrogen and oxygen atoms in total. The number of fused-ring (bicyclic) bond motifs is 10. The molecule has 3 heterocycles. The predicted molar refractivity (Wildman–Crippen MR) is 227 cm³/mol. The van der Waals surface area contributed by atoms with Crippen molar-refractivity contribution in [2.45, 2.75) is 5.51 Å². The van der Waals surface area contributed by atoms with E-state index in [1.807, 2.05) is 115 Å². The monoisotopic (exact) mass is 805 g/mol. The maximum absolute atomic E-state index is 13.9. The van der Waals surface area contributed by atoms with E-state index in [1.54, 1.807) is 16.2 Å². The van der Waals surface area contributed by atoms with Gasteiger partial charge >= 0.3 is 15.6 Å². The van der Waals surface area contributed by atoms with Crippen LogP contribution in [0.5, 0.6) is 5.75 Å². The van der Waals surface area contributed by atoms with Crippen LogP contribution < -0.4 is 9.08 Å². The van der Waals surface area contributed by atoms with E-state index in [4.69, 9.17) is 13.0 Å². The zero-order valence-electron chi connectivity index (χ0n) is 29.9. The summed E-state index contributed by atoms with van der Waals surface area (Å²) in [6.07, 6.45) is 0. The van der Waals surface area contributed by atoms with Crippen LogP contribution in [0.3, 0.4) is 0 Å². The highest BCUT2D eigenvalue weighted by Gasteiger charge is 2.48. The Labute approximate surface area is 331 Å². The highest BCUT2D eigenvalue weighted by molar-refractivity contribution is 7.88. The van der Waals surface area contributed by atoms with Crippen LogP contribution in [0.15, 0.2) is 167 Å². The van der Waals surface area contributed by atoms with E-state index in [0.717, 1.165) is 52.8 Å².